The lowest BCUT2D eigenvalue weighted by Gasteiger charge is -2.34. The molecule has 1 aliphatic rings. The Morgan fingerprint density at radius 1 is 1.27 bits per heavy atom. The van der Waals surface area contributed by atoms with E-state index in [1.165, 1.54) is 0 Å². The molecule has 1 rings (SSSR count). The Hall–Kier alpha value is -0.770. The predicted molar refractivity (Wildman–Crippen MR) is 62.0 cm³/mol. The quantitative estimate of drug-likeness (QED) is 0.701. The van der Waals surface area contributed by atoms with Gasteiger partial charge in [-0.1, -0.05) is 13.3 Å². The SMILES string of the molecule is CCCCN(C)C(=O)N1CCN(C)CC1. The summed E-state index contributed by atoms with van der Waals surface area (Å²) in [4.78, 5) is 18.0. The van der Waals surface area contributed by atoms with E-state index in [4.69, 9.17) is 0 Å². The highest BCUT2D eigenvalue weighted by Gasteiger charge is 2.21. The lowest BCUT2D eigenvalue weighted by molar-refractivity contribution is 0.129. The Balaban J connectivity index is 2.32. The van der Waals surface area contributed by atoms with E-state index in [1.54, 1.807) is 0 Å². The second-order valence-corrected chi connectivity index (χ2v) is 4.35. The number of likely N-dealkylation sites (N-methyl/N-ethyl adjacent to an activating group) is 1. The summed E-state index contributed by atoms with van der Waals surface area (Å²) in [6.45, 7) is 6.74. The van der Waals surface area contributed by atoms with Gasteiger partial charge in [0.25, 0.3) is 0 Å². The summed E-state index contributed by atoms with van der Waals surface area (Å²) in [6.07, 6.45) is 2.23. The maximum absolute atomic E-state index is 11.9. The van der Waals surface area contributed by atoms with Gasteiger partial charge in [-0.15, -0.1) is 0 Å². The van der Waals surface area contributed by atoms with Crippen molar-refractivity contribution < 1.29 is 4.79 Å². The fourth-order valence-electron chi connectivity index (χ4n) is 1.73. The van der Waals surface area contributed by atoms with Gasteiger partial charge in [-0.25, -0.2) is 4.79 Å². The first-order valence-electron chi connectivity index (χ1n) is 5.83. The average Bonchev–Trinajstić information content (AvgIpc) is 2.26. The summed E-state index contributed by atoms with van der Waals surface area (Å²) in [6, 6.07) is 0.191. The van der Waals surface area contributed by atoms with Crippen molar-refractivity contribution in [2.75, 3.05) is 46.8 Å². The maximum Gasteiger partial charge on any atom is 0.319 e. The topological polar surface area (TPSA) is 26.8 Å². The molecule has 15 heavy (non-hydrogen) atoms. The molecule has 2 amide bonds. The minimum atomic E-state index is 0.191. The summed E-state index contributed by atoms with van der Waals surface area (Å²) >= 11 is 0. The first-order valence-corrected chi connectivity index (χ1v) is 5.83. The van der Waals surface area contributed by atoms with Crippen LogP contribution in [0.4, 0.5) is 4.79 Å². The lowest BCUT2D eigenvalue weighted by Crippen LogP contribution is -2.51. The van der Waals surface area contributed by atoms with Crippen molar-refractivity contribution in [3.05, 3.63) is 0 Å². The molecular formula is C11H23N3O. The monoisotopic (exact) mass is 213 g/mol. The Kier molecular flexibility index (Phi) is 4.88. The van der Waals surface area contributed by atoms with Crippen LogP contribution in [0.5, 0.6) is 0 Å². The van der Waals surface area contributed by atoms with E-state index in [1.807, 2.05) is 16.8 Å². The summed E-state index contributed by atoms with van der Waals surface area (Å²) in [5.41, 5.74) is 0. The molecule has 0 saturated carbocycles. The third-order valence-corrected chi connectivity index (χ3v) is 2.95. The van der Waals surface area contributed by atoms with Gasteiger partial charge in [-0.3, -0.25) is 0 Å². The normalized spacial score (nSPS) is 17.9. The number of rotatable bonds is 3. The van der Waals surface area contributed by atoms with E-state index < -0.39 is 0 Å². The van der Waals surface area contributed by atoms with Crippen LogP contribution >= 0.6 is 0 Å². The molecule has 1 aliphatic heterocycles. The van der Waals surface area contributed by atoms with Gasteiger partial charge in [0, 0.05) is 39.8 Å². The third kappa shape index (κ3) is 3.70. The van der Waals surface area contributed by atoms with Crippen LogP contribution in [0.2, 0.25) is 0 Å². The third-order valence-electron chi connectivity index (χ3n) is 2.95. The molecule has 1 fully saturated rings. The summed E-state index contributed by atoms with van der Waals surface area (Å²) in [7, 11) is 4.00. The van der Waals surface area contributed by atoms with Gasteiger partial charge >= 0.3 is 6.03 Å². The van der Waals surface area contributed by atoms with Gasteiger partial charge in [0.1, 0.15) is 0 Å². The van der Waals surface area contributed by atoms with E-state index in [2.05, 4.69) is 18.9 Å². The van der Waals surface area contributed by atoms with Crippen molar-refractivity contribution in [3.63, 3.8) is 0 Å². The van der Waals surface area contributed by atoms with Crippen molar-refractivity contribution in [3.8, 4) is 0 Å². The zero-order valence-electron chi connectivity index (χ0n) is 10.2. The van der Waals surface area contributed by atoms with Crippen LogP contribution in [0.15, 0.2) is 0 Å². The number of nitrogens with zero attached hydrogens (tertiary/aromatic N) is 3. The average molecular weight is 213 g/mol. The molecule has 0 radical (unpaired) electrons. The molecule has 0 bridgehead atoms. The molecule has 0 aromatic heterocycles. The zero-order chi connectivity index (χ0) is 11.3. The summed E-state index contributed by atoms with van der Waals surface area (Å²) < 4.78 is 0. The highest BCUT2D eigenvalue weighted by atomic mass is 16.2. The number of unbranched alkanes of at least 4 members (excludes halogenated alkanes) is 1. The van der Waals surface area contributed by atoms with E-state index in [0.717, 1.165) is 45.6 Å². The van der Waals surface area contributed by atoms with Gasteiger partial charge in [0.05, 0.1) is 0 Å². The molecule has 88 valence electrons. The highest BCUT2D eigenvalue weighted by molar-refractivity contribution is 5.74. The highest BCUT2D eigenvalue weighted by Crippen LogP contribution is 2.04. The molecule has 0 aromatic rings. The molecule has 0 aliphatic carbocycles. The molecular weight excluding hydrogens is 190 g/mol. The molecule has 0 spiro atoms. The molecule has 4 heteroatoms. The van der Waals surface area contributed by atoms with Crippen LogP contribution in [0, 0.1) is 0 Å². The molecule has 0 atom stereocenters. The molecule has 0 N–H and O–H groups in total. The lowest BCUT2D eigenvalue weighted by atomic mass is 10.3. The van der Waals surface area contributed by atoms with Gasteiger partial charge in [-0.2, -0.15) is 0 Å². The smallest absolute Gasteiger partial charge is 0.319 e. The van der Waals surface area contributed by atoms with Gasteiger partial charge in [0.2, 0.25) is 0 Å². The van der Waals surface area contributed by atoms with E-state index in [9.17, 15) is 4.79 Å². The molecule has 0 unspecified atom stereocenters. The van der Waals surface area contributed by atoms with E-state index in [0.29, 0.717) is 0 Å². The molecule has 1 heterocycles. The largest absolute Gasteiger partial charge is 0.328 e. The first kappa shape index (κ1) is 12.3. The Morgan fingerprint density at radius 3 is 2.40 bits per heavy atom. The maximum atomic E-state index is 11.9. The number of piperazine rings is 1. The number of amides is 2. The van der Waals surface area contributed by atoms with Crippen molar-refractivity contribution in [2.24, 2.45) is 0 Å². The number of urea groups is 1. The van der Waals surface area contributed by atoms with Crippen molar-refractivity contribution in [1.82, 2.24) is 14.7 Å². The number of carbonyl (C=O) groups excluding carboxylic acids is 1. The number of hydrogen-bond donors (Lipinski definition) is 0. The molecule has 1 saturated heterocycles. The fraction of sp³-hybridized carbons (Fsp3) is 0.909. The van der Waals surface area contributed by atoms with Crippen LogP contribution in [-0.2, 0) is 0 Å². The zero-order valence-corrected chi connectivity index (χ0v) is 10.2. The predicted octanol–water partition coefficient (Wildman–Crippen LogP) is 1.09. The summed E-state index contributed by atoms with van der Waals surface area (Å²) in [5, 5.41) is 0. The second kappa shape index (κ2) is 5.95. The van der Waals surface area contributed by atoms with Gasteiger partial charge in [0.15, 0.2) is 0 Å². The van der Waals surface area contributed by atoms with E-state index >= 15 is 0 Å². The molecule has 0 aromatic carbocycles. The van der Waals surface area contributed by atoms with Gasteiger partial charge < -0.3 is 14.7 Å². The van der Waals surface area contributed by atoms with Crippen LogP contribution in [0.3, 0.4) is 0 Å². The standard InChI is InChI=1S/C11H23N3O/c1-4-5-6-13(3)11(15)14-9-7-12(2)8-10-14/h4-10H2,1-3H3. The molecule has 4 nitrogen and oxygen atoms in total. The summed E-state index contributed by atoms with van der Waals surface area (Å²) in [5.74, 6) is 0. The van der Waals surface area contributed by atoms with Crippen LogP contribution in [-0.4, -0.2) is 67.5 Å². The van der Waals surface area contributed by atoms with Crippen molar-refractivity contribution in [1.29, 1.82) is 0 Å². The Labute approximate surface area is 92.8 Å². The minimum Gasteiger partial charge on any atom is -0.328 e. The minimum absolute atomic E-state index is 0.191. The van der Waals surface area contributed by atoms with Crippen molar-refractivity contribution in [2.45, 2.75) is 19.8 Å². The van der Waals surface area contributed by atoms with Crippen LogP contribution < -0.4 is 0 Å². The Morgan fingerprint density at radius 2 is 1.87 bits per heavy atom. The van der Waals surface area contributed by atoms with E-state index in [-0.39, 0.29) is 6.03 Å². The number of carbonyl (C=O) groups is 1. The second-order valence-electron chi connectivity index (χ2n) is 4.35. The first-order chi connectivity index (χ1) is 7.15. The van der Waals surface area contributed by atoms with Crippen LogP contribution in [0.25, 0.3) is 0 Å². The van der Waals surface area contributed by atoms with Crippen molar-refractivity contribution >= 4 is 6.03 Å². The Bertz CT molecular complexity index is 200. The number of hydrogen-bond acceptors (Lipinski definition) is 2. The van der Waals surface area contributed by atoms with Gasteiger partial charge in [-0.05, 0) is 13.5 Å². The fourth-order valence-corrected chi connectivity index (χ4v) is 1.73. The van der Waals surface area contributed by atoms with Crippen LogP contribution in [0.1, 0.15) is 19.8 Å².